The van der Waals surface area contributed by atoms with E-state index in [1.165, 1.54) is 5.56 Å². The van der Waals surface area contributed by atoms with Gasteiger partial charge >= 0.3 is 0 Å². The number of hydrogen-bond donors (Lipinski definition) is 0. The Labute approximate surface area is 151 Å². The highest BCUT2D eigenvalue weighted by atomic mass is 35.5. The SMILES string of the molecule is Clc1nc(-c2ccccc2)cc(-c2cccc(-c3ccccc3)c2)n1. The third kappa shape index (κ3) is 3.44. The van der Waals surface area contributed by atoms with Crippen molar-refractivity contribution >= 4 is 11.6 Å². The highest BCUT2D eigenvalue weighted by Gasteiger charge is 2.08. The van der Waals surface area contributed by atoms with Gasteiger partial charge < -0.3 is 0 Å². The summed E-state index contributed by atoms with van der Waals surface area (Å²) < 4.78 is 0. The normalized spacial score (nSPS) is 10.6. The van der Waals surface area contributed by atoms with Crippen LogP contribution in [0.15, 0.2) is 91.0 Å². The van der Waals surface area contributed by atoms with Crippen molar-refractivity contribution in [3.63, 3.8) is 0 Å². The summed E-state index contributed by atoms with van der Waals surface area (Å²) in [6.07, 6.45) is 0. The summed E-state index contributed by atoms with van der Waals surface area (Å²) in [6.45, 7) is 0. The third-order valence-corrected chi connectivity index (χ3v) is 4.20. The molecule has 2 nitrogen and oxygen atoms in total. The second-order valence-corrected chi connectivity index (χ2v) is 6.06. The summed E-state index contributed by atoms with van der Waals surface area (Å²) >= 11 is 6.18. The molecule has 0 amide bonds. The number of halogens is 1. The first kappa shape index (κ1) is 15.6. The molecule has 25 heavy (non-hydrogen) atoms. The van der Waals surface area contributed by atoms with Crippen molar-refractivity contribution in [3.05, 3.63) is 96.3 Å². The molecule has 1 aromatic heterocycles. The number of rotatable bonds is 3. The monoisotopic (exact) mass is 342 g/mol. The quantitative estimate of drug-likeness (QED) is 0.418. The lowest BCUT2D eigenvalue weighted by Crippen LogP contribution is -1.92. The molecule has 0 saturated carbocycles. The van der Waals surface area contributed by atoms with Crippen molar-refractivity contribution in [1.82, 2.24) is 9.97 Å². The molecule has 0 atom stereocenters. The van der Waals surface area contributed by atoms with Crippen molar-refractivity contribution in [2.75, 3.05) is 0 Å². The van der Waals surface area contributed by atoms with Crippen LogP contribution < -0.4 is 0 Å². The second-order valence-electron chi connectivity index (χ2n) is 5.72. The van der Waals surface area contributed by atoms with Crippen LogP contribution in [0.2, 0.25) is 5.28 Å². The highest BCUT2D eigenvalue weighted by Crippen LogP contribution is 2.28. The Hall–Kier alpha value is -2.97. The summed E-state index contributed by atoms with van der Waals surface area (Å²) in [5.41, 5.74) is 5.99. The predicted molar refractivity (Wildman–Crippen MR) is 103 cm³/mol. The topological polar surface area (TPSA) is 25.8 Å². The number of benzene rings is 3. The average Bonchev–Trinajstić information content (AvgIpc) is 2.69. The molecule has 0 bridgehead atoms. The molecular weight excluding hydrogens is 328 g/mol. The van der Waals surface area contributed by atoms with Gasteiger partial charge in [0.15, 0.2) is 0 Å². The van der Waals surface area contributed by atoms with E-state index < -0.39 is 0 Å². The van der Waals surface area contributed by atoms with E-state index in [1.54, 1.807) is 0 Å². The van der Waals surface area contributed by atoms with Gasteiger partial charge in [-0.05, 0) is 34.9 Å². The first-order valence-corrected chi connectivity index (χ1v) is 8.43. The zero-order valence-corrected chi connectivity index (χ0v) is 14.2. The Morgan fingerprint density at radius 2 is 1.00 bits per heavy atom. The van der Waals surface area contributed by atoms with Gasteiger partial charge in [-0.25, -0.2) is 9.97 Å². The van der Waals surface area contributed by atoms with E-state index in [9.17, 15) is 0 Å². The third-order valence-electron chi connectivity index (χ3n) is 4.03. The summed E-state index contributed by atoms with van der Waals surface area (Å²) in [5.74, 6) is 0. The van der Waals surface area contributed by atoms with Crippen LogP contribution in [0.1, 0.15) is 0 Å². The largest absolute Gasteiger partial charge is 0.223 e. The number of nitrogens with zero attached hydrogens (tertiary/aromatic N) is 2. The Bertz CT molecular complexity index is 999. The molecule has 0 saturated heterocycles. The Morgan fingerprint density at radius 1 is 0.480 bits per heavy atom. The van der Waals surface area contributed by atoms with Crippen LogP contribution in [-0.2, 0) is 0 Å². The van der Waals surface area contributed by atoms with E-state index in [0.717, 1.165) is 28.1 Å². The first-order valence-electron chi connectivity index (χ1n) is 8.05. The van der Waals surface area contributed by atoms with Crippen molar-refractivity contribution in [2.24, 2.45) is 0 Å². The van der Waals surface area contributed by atoms with Gasteiger partial charge in [-0.1, -0.05) is 78.9 Å². The molecular formula is C22H15ClN2. The van der Waals surface area contributed by atoms with E-state index in [0.29, 0.717) is 0 Å². The first-order chi connectivity index (χ1) is 12.3. The highest BCUT2D eigenvalue weighted by molar-refractivity contribution is 6.28. The van der Waals surface area contributed by atoms with Gasteiger partial charge in [0.1, 0.15) is 0 Å². The molecule has 3 aromatic carbocycles. The Morgan fingerprint density at radius 3 is 1.68 bits per heavy atom. The fraction of sp³-hybridized carbons (Fsp3) is 0. The van der Waals surface area contributed by atoms with Crippen molar-refractivity contribution in [3.8, 4) is 33.6 Å². The summed E-state index contributed by atoms with van der Waals surface area (Å²) in [4.78, 5) is 8.78. The molecule has 0 aliphatic carbocycles. The second kappa shape index (κ2) is 6.88. The number of aromatic nitrogens is 2. The lowest BCUT2D eigenvalue weighted by atomic mass is 10.0. The van der Waals surface area contributed by atoms with Gasteiger partial charge in [-0.3, -0.25) is 0 Å². The maximum absolute atomic E-state index is 6.18. The van der Waals surface area contributed by atoms with E-state index in [1.807, 2.05) is 66.7 Å². The molecule has 0 unspecified atom stereocenters. The molecule has 1 heterocycles. The fourth-order valence-corrected chi connectivity index (χ4v) is 2.99. The molecule has 0 spiro atoms. The van der Waals surface area contributed by atoms with Gasteiger partial charge in [0.05, 0.1) is 11.4 Å². The van der Waals surface area contributed by atoms with Crippen LogP contribution in [0.25, 0.3) is 33.6 Å². The molecule has 0 N–H and O–H groups in total. The van der Waals surface area contributed by atoms with Crippen LogP contribution in [0.4, 0.5) is 0 Å². The Kier molecular flexibility index (Phi) is 4.28. The van der Waals surface area contributed by atoms with Crippen molar-refractivity contribution in [2.45, 2.75) is 0 Å². The Balaban J connectivity index is 1.79. The molecule has 4 aromatic rings. The minimum atomic E-state index is 0.251. The van der Waals surface area contributed by atoms with E-state index in [-0.39, 0.29) is 5.28 Å². The molecule has 0 aliphatic rings. The minimum Gasteiger partial charge on any atom is -0.218 e. The van der Waals surface area contributed by atoms with E-state index in [2.05, 4.69) is 34.2 Å². The average molecular weight is 343 g/mol. The van der Waals surface area contributed by atoms with Gasteiger partial charge in [-0.2, -0.15) is 0 Å². The molecule has 3 heteroatoms. The maximum atomic E-state index is 6.18. The van der Waals surface area contributed by atoms with Crippen LogP contribution >= 0.6 is 11.6 Å². The fourth-order valence-electron chi connectivity index (χ4n) is 2.81. The molecule has 0 aliphatic heterocycles. The molecule has 4 rings (SSSR count). The minimum absolute atomic E-state index is 0.251. The van der Waals surface area contributed by atoms with Crippen LogP contribution in [-0.4, -0.2) is 9.97 Å². The van der Waals surface area contributed by atoms with Crippen molar-refractivity contribution in [1.29, 1.82) is 0 Å². The van der Waals surface area contributed by atoms with E-state index >= 15 is 0 Å². The predicted octanol–water partition coefficient (Wildman–Crippen LogP) is 6.13. The standard InChI is InChI=1S/C22H15ClN2/c23-22-24-20(17-10-5-2-6-11-17)15-21(25-22)19-13-7-12-18(14-19)16-8-3-1-4-9-16/h1-15H. The zero-order chi connectivity index (χ0) is 17.1. The summed E-state index contributed by atoms with van der Waals surface area (Å²) in [7, 11) is 0. The van der Waals surface area contributed by atoms with Crippen LogP contribution in [0, 0.1) is 0 Å². The van der Waals surface area contributed by atoms with Crippen LogP contribution in [0.3, 0.4) is 0 Å². The van der Waals surface area contributed by atoms with Crippen molar-refractivity contribution < 1.29 is 0 Å². The smallest absolute Gasteiger partial charge is 0.218 e. The van der Waals surface area contributed by atoms with E-state index in [4.69, 9.17) is 11.6 Å². The lowest BCUT2D eigenvalue weighted by molar-refractivity contribution is 1.18. The summed E-state index contributed by atoms with van der Waals surface area (Å²) in [5, 5.41) is 0.251. The maximum Gasteiger partial charge on any atom is 0.223 e. The van der Waals surface area contributed by atoms with Crippen LogP contribution in [0.5, 0.6) is 0 Å². The molecule has 0 fully saturated rings. The van der Waals surface area contributed by atoms with Gasteiger partial charge in [0.25, 0.3) is 0 Å². The van der Waals surface area contributed by atoms with Gasteiger partial charge in [0, 0.05) is 11.1 Å². The summed E-state index contributed by atoms with van der Waals surface area (Å²) in [6, 6.07) is 30.6. The van der Waals surface area contributed by atoms with Gasteiger partial charge in [0.2, 0.25) is 5.28 Å². The molecule has 120 valence electrons. The zero-order valence-electron chi connectivity index (χ0n) is 13.4. The number of hydrogen-bond acceptors (Lipinski definition) is 2. The lowest BCUT2D eigenvalue weighted by Gasteiger charge is -2.08. The van der Waals surface area contributed by atoms with Gasteiger partial charge in [-0.15, -0.1) is 0 Å². The molecule has 0 radical (unpaired) electrons.